The van der Waals surface area contributed by atoms with Crippen LogP contribution in [0.3, 0.4) is 0 Å². The first-order chi connectivity index (χ1) is 15.6. The van der Waals surface area contributed by atoms with Gasteiger partial charge in [0.25, 0.3) is 0 Å². The van der Waals surface area contributed by atoms with Crippen LogP contribution in [-0.2, 0) is 6.54 Å². The fourth-order valence-corrected chi connectivity index (χ4v) is 5.85. The normalized spacial score (nSPS) is 25.1. The standard InChI is InChI=1S/C26H28N6/c1-17-13-31(24-7-4-18(12-27)26-23(24)3-2-9-29-26)16-25-22-6-5-21(11-19(22)14-32(17)25)30-10-8-20(28)15-30/h2-7,9,11,17,20,25H,8,10,13-16,28H2,1H3/t17?,20-,25?/m1/s1. The molecule has 2 fully saturated rings. The second-order valence-corrected chi connectivity index (χ2v) is 9.46. The molecule has 6 rings (SSSR count). The number of fused-ring (bicyclic) bond motifs is 4. The largest absolute Gasteiger partial charge is 0.370 e. The molecule has 2 N–H and O–H groups in total. The average molecular weight is 425 g/mol. The quantitative estimate of drug-likeness (QED) is 0.680. The van der Waals surface area contributed by atoms with Crippen molar-refractivity contribution in [3.63, 3.8) is 0 Å². The molecule has 0 amide bonds. The fraction of sp³-hybridized carbons (Fsp3) is 0.385. The summed E-state index contributed by atoms with van der Waals surface area (Å²) < 4.78 is 0. The van der Waals surface area contributed by atoms with Gasteiger partial charge in [-0.15, -0.1) is 0 Å². The van der Waals surface area contributed by atoms with Crippen LogP contribution in [0.4, 0.5) is 11.4 Å². The van der Waals surface area contributed by atoms with Crippen molar-refractivity contribution >= 4 is 22.3 Å². The first-order valence-electron chi connectivity index (χ1n) is 11.5. The zero-order chi connectivity index (χ0) is 21.8. The highest BCUT2D eigenvalue weighted by molar-refractivity contribution is 5.95. The molecule has 6 heteroatoms. The number of hydrogen-bond acceptors (Lipinski definition) is 6. The first-order valence-corrected chi connectivity index (χ1v) is 11.5. The number of rotatable bonds is 2. The van der Waals surface area contributed by atoms with Gasteiger partial charge in [-0.25, -0.2) is 0 Å². The smallest absolute Gasteiger partial charge is 0.101 e. The van der Waals surface area contributed by atoms with E-state index >= 15 is 0 Å². The molecule has 2 saturated heterocycles. The maximum absolute atomic E-state index is 9.51. The number of nitriles is 1. The summed E-state index contributed by atoms with van der Waals surface area (Å²) in [6.07, 6.45) is 2.84. The van der Waals surface area contributed by atoms with Crippen molar-refractivity contribution in [3.8, 4) is 6.07 Å². The monoisotopic (exact) mass is 424 g/mol. The lowest BCUT2D eigenvalue weighted by atomic mass is 9.99. The van der Waals surface area contributed by atoms with Crippen LogP contribution in [0.2, 0.25) is 0 Å². The molecule has 6 nitrogen and oxygen atoms in total. The van der Waals surface area contributed by atoms with Crippen molar-refractivity contribution in [2.24, 2.45) is 5.73 Å². The molecule has 2 aromatic carbocycles. The number of hydrogen-bond donors (Lipinski definition) is 1. The van der Waals surface area contributed by atoms with E-state index in [2.05, 4.69) is 63.0 Å². The van der Waals surface area contributed by atoms with E-state index in [1.165, 1.54) is 22.5 Å². The van der Waals surface area contributed by atoms with E-state index in [1.54, 1.807) is 6.20 Å². The van der Waals surface area contributed by atoms with Gasteiger partial charge in [-0.1, -0.05) is 6.07 Å². The maximum atomic E-state index is 9.51. The maximum Gasteiger partial charge on any atom is 0.101 e. The van der Waals surface area contributed by atoms with Crippen LogP contribution in [0.25, 0.3) is 10.9 Å². The van der Waals surface area contributed by atoms with E-state index in [1.807, 2.05) is 12.1 Å². The lowest BCUT2D eigenvalue weighted by Gasteiger charge is -2.43. The van der Waals surface area contributed by atoms with E-state index in [-0.39, 0.29) is 0 Å². The van der Waals surface area contributed by atoms with Gasteiger partial charge >= 0.3 is 0 Å². The molecule has 3 aliphatic rings. The van der Waals surface area contributed by atoms with E-state index in [0.717, 1.165) is 50.0 Å². The lowest BCUT2D eigenvalue weighted by molar-refractivity contribution is 0.134. The molecule has 0 saturated carbocycles. The van der Waals surface area contributed by atoms with Crippen LogP contribution in [0.5, 0.6) is 0 Å². The molecule has 0 aliphatic carbocycles. The van der Waals surface area contributed by atoms with Crippen LogP contribution in [0.15, 0.2) is 48.7 Å². The Labute approximate surface area is 188 Å². The Morgan fingerprint density at radius 3 is 2.81 bits per heavy atom. The molecule has 1 aromatic heterocycles. The van der Waals surface area contributed by atoms with Gasteiger partial charge in [0.2, 0.25) is 0 Å². The molecule has 3 atom stereocenters. The Balaban J connectivity index is 1.33. The van der Waals surface area contributed by atoms with Crippen molar-refractivity contribution in [2.45, 2.75) is 38.0 Å². The molecule has 0 spiro atoms. The van der Waals surface area contributed by atoms with Crippen LogP contribution < -0.4 is 15.5 Å². The molecular weight excluding hydrogens is 396 g/mol. The molecule has 2 unspecified atom stereocenters. The van der Waals surface area contributed by atoms with Gasteiger partial charge in [0, 0.05) is 67.8 Å². The van der Waals surface area contributed by atoms with Crippen molar-refractivity contribution < 1.29 is 0 Å². The molecule has 0 bridgehead atoms. The predicted molar refractivity (Wildman–Crippen MR) is 128 cm³/mol. The Hall–Kier alpha value is -3.14. The number of aromatic nitrogens is 1. The van der Waals surface area contributed by atoms with E-state index < -0.39 is 0 Å². The summed E-state index contributed by atoms with van der Waals surface area (Å²) >= 11 is 0. The summed E-state index contributed by atoms with van der Waals surface area (Å²) in [6, 6.07) is 18.5. The number of benzene rings is 2. The highest BCUT2D eigenvalue weighted by atomic mass is 15.3. The second kappa shape index (κ2) is 7.47. The molecule has 4 heterocycles. The first kappa shape index (κ1) is 19.5. The van der Waals surface area contributed by atoms with E-state index in [9.17, 15) is 5.26 Å². The van der Waals surface area contributed by atoms with Crippen LogP contribution in [0, 0.1) is 11.3 Å². The van der Waals surface area contributed by atoms with Gasteiger partial charge in [-0.05, 0) is 60.9 Å². The number of anilines is 2. The molecule has 0 radical (unpaired) electrons. The third kappa shape index (κ3) is 3.04. The number of pyridine rings is 1. The number of nitrogens with zero attached hydrogens (tertiary/aromatic N) is 5. The SMILES string of the molecule is CC1CN(c2ccc(C#N)c3ncccc23)CC2c3ccc(N4CC[C@@H](N)C4)cc3CN12. The highest BCUT2D eigenvalue weighted by Crippen LogP contribution is 2.42. The third-order valence-corrected chi connectivity index (χ3v) is 7.48. The van der Waals surface area contributed by atoms with E-state index in [4.69, 9.17) is 5.73 Å². The topological polar surface area (TPSA) is 72.4 Å². The van der Waals surface area contributed by atoms with Crippen molar-refractivity contribution in [3.05, 3.63) is 65.4 Å². The Bertz CT molecular complexity index is 1230. The van der Waals surface area contributed by atoms with Crippen LogP contribution in [-0.4, -0.2) is 48.1 Å². The zero-order valence-electron chi connectivity index (χ0n) is 18.4. The van der Waals surface area contributed by atoms with Crippen molar-refractivity contribution in [1.82, 2.24) is 9.88 Å². The Morgan fingerprint density at radius 1 is 1.09 bits per heavy atom. The summed E-state index contributed by atoms with van der Waals surface area (Å²) in [5.74, 6) is 0. The van der Waals surface area contributed by atoms with Gasteiger partial charge in [0.15, 0.2) is 0 Å². The van der Waals surface area contributed by atoms with Gasteiger partial charge in [0.05, 0.1) is 17.1 Å². The van der Waals surface area contributed by atoms with Gasteiger partial charge < -0.3 is 15.5 Å². The van der Waals surface area contributed by atoms with Gasteiger partial charge in [-0.3, -0.25) is 9.88 Å². The zero-order valence-corrected chi connectivity index (χ0v) is 18.4. The molecule has 162 valence electrons. The summed E-state index contributed by atoms with van der Waals surface area (Å²) in [6.45, 7) is 7.26. The predicted octanol–water partition coefficient (Wildman–Crippen LogP) is 3.41. The number of piperazine rings is 1. The minimum absolute atomic E-state index is 0.292. The summed E-state index contributed by atoms with van der Waals surface area (Å²) in [7, 11) is 0. The molecule has 3 aliphatic heterocycles. The lowest BCUT2D eigenvalue weighted by Crippen LogP contribution is -2.51. The molecular formula is C26H28N6. The Kier molecular flexibility index (Phi) is 4.56. The van der Waals surface area contributed by atoms with E-state index in [0.29, 0.717) is 23.7 Å². The van der Waals surface area contributed by atoms with Crippen LogP contribution in [0.1, 0.15) is 36.1 Å². The average Bonchev–Trinajstić information content (AvgIpc) is 3.41. The number of nitrogens with two attached hydrogens (primary N) is 1. The third-order valence-electron chi connectivity index (χ3n) is 7.48. The van der Waals surface area contributed by atoms with Gasteiger partial charge in [-0.2, -0.15) is 5.26 Å². The Morgan fingerprint density at radius 2 is 2.00 bits per heavy atom. The minimum atomic E-state index is 0.292. The highest BCUT2D eigenvalue weighted by Gasteiger charge is 2.39. The summed E-state index contributed by atoms with van der Waals surface area (Å²) in [5.41, 5.74) is 13.0. The summed E-state index contributed by atoms with van der Waals surface area (Å²) in [5, 5.41) is 10.6. The molecule has 32 heavy (non-hydrogen) atoms. The van der Waals surface area contributed by atoms with Crippen molar-refractivity contribution in [1.29, 1.82) is 5.26 Å². The molecule has 3 aromatic rings. The summed E-state index contributed by atoms with van der Waals surface area (Å²) in [4.78, 5) is 12.1. The fourth-order valence-electron chi connectivity index (χ4n) is 5.85. The van der Waals surface area contributed by atoms with Crippen LogP contribution >= 0.6 is 0 Å². The van der Waals surface area contributed by atoms with Crippen molar-refractivity contribution in [2.75, 3.05) is 36.0 Å². The van der Waals surface area contributed by atoms with Gasteiger partial charge in [0.1, 0.15) is 6.07 Å². The second-order valence-electron chi connectivity index (χ2n) is 9.46. The minimum Gasteiger partial charge on any atom is -0.370 e.